The summed E-state index contributed by atoms with van der Waals surface area (Å²) >= 11 is 0. The van der Waals surface area contributed by atoms with E-state index >= 15 is 0 Å². The highest BCUT2D eigenvalue weighted by atomic mass is 19.1. The lowest BCUT2D eigenvalue weighted by atomic mass is 10.2. The Morgan fingerprint density at radius 2 is 2.06 bits per heavy atom. The second-order valence-electron chi connectivity index (χ2n) is 2.98. The summed E-state index contributed by atoms with van der Waals surface area (Å²) in [5.74, 6) is -0.715. The third kappa shape index (κ3) is 5.48. The molecular weight excluding hydrogens is 235 g/mol. The molecule has 18 heavy (non-hydrogen) atoms. The van der Waals surface area contributed by atoms with Crippen LogP contribution in [0, 0.1) is 5.82 Å². The van der Waals surface area contributed by atoms with Crippen LogP contribution in [0.15, 0.2) is 24.3 Å². The van der Waals surface area contributed by atoms with Gasteiger partial charge in [0.15, 0.2) is 11.6 Å². The fourth-order valence-electron chi connectivity index (χ4n) is 1.13. The van der Waals surface area contributed by atoms with E-state index in [1.54, 1.807) is 19.1 Å². The summed E-state index contributed by atoms with van der Waals surface area (Å²) in [7, 11) is 1.39. The number of esters is 1. The Morgan fingerprint density at radius 1 is 1.39 bits per heavy atom. The molecule has 0 N–H and O–H groups in total. The molecule has 0 aromatic heterocycles. The molecule has 0 aliphatic rings. The van der Waals surface area contributed by atoms with Crippen LogP contribution in [0.5, 0.6) is 5.75 Å². The van der Waals surface area contributed by atoms with Crippen molar-refractivity contribution in [2.24, 2.45) is 0 Å². The van der Waals surface area contributed by atoms with Crippen LogP contribution in [-0.2, 0) is 9.53 Å². The van der Waals surface area contributed by atoms with Crippen LogP contribution in [0.1, 0.15) is 26.3 Å². The first kappa shape index (κ1) is 16.2. The van der Waals surface area contributed by atoms with Crippen molar-refractivity contribution in [3.63, 3.8) is 0 Å². The average Bonchev–Trinajstić information content (AvgIpc) is 2.40. The van der Waals surface area contributed by atoms with Crippen LogP contribution >= 0.6 is 0 Å². The smallest absolute Gasteiger partial charge is 0.330 e. The average molecular weight is 254 g/mol. The van der Waals surface area contributed by atoms with Crippen LogP contribution in [0.25, 0.3) is 6.08 Å². The summed E-state index contributed by atoms with van der Waals surface area (Å²) in [6.45, 7) is 6.06. The topological polar surface area (TPSA) is 35.5 Å². The second-order valence-corrected chi connectivity index (χ2v) is 2.98. The van der Waals surface area contributed by atoms with E-state index in [4.69, 9.17) is 9.47 Å². The Labute approximate surface area is 107 Å². The minimum Gasteiger partial charge on any atom is -0.494 e. The van der Waals surface area contributed by atoms with Crippen molar-refractivity contribution in [1.29, 1.82) is 0 Å². The molecule has 1 aromatic rings. The van der Waals surface area contributed by atoms with Gasteiger partial charge in [-0.15, -0.1) is 0 Å². The standard InChI is InChI=1S/C12H13FO3.C2H6/c1-3-16-12(14)7-5-9-4-6-10(13)11(8-9)15-2;1-2/h4-8H,3H2,1-2H3;1-2H3/b7-5+;. The maximum absolute atomic E-state index is 13.0. The summed E-state index contributed by atoms with van der Waals surface area (Å²) in [6, 6.07) is 4.34. The molecule has 0 aliphatic carbocycles. The predicted octanol–water partition coefficient (Wildman–Crippen LogP) is 3.44. The van der Waals surface area contributed by atoms with Crippen molar-refractivity contribution in [2.75, 3.05) is 13.7 Å². The Hall–Kier alpha value is -1.84. The molecule has 3 nitrogen and oxygen atoms in total. The van der Waals surface area contributed by atoms with Gasteiger partial charge in [0.2, 0.25) is 0 Å². The van der Waals surface area contributed by atoms with Crippen LogP contribution in [-0.4, -0.2) is 19.7 Å². The number of hydrogen-bond donors (Lipinski definition) is 0. The maximum atomic E-state index is 13.0. The zero-order chi connectivity index (χ0) is 14.0. The number of rotatable bonds is 4. The van der Waals surface area contributed by atoms with Crippen molar-refractivity contribution in [2.45, 2.75) is 20.8 Å². The number of halogens is 1. The molecule has 0 saturated heterocycles. The van der Waals surface area contributed by atoms with Crippen LogP contribution in [0.2, 0.25) is 0 Å². The monoisotopic (exact) mass is 254 g/mol. The molecule has 0 saturated carbocycles. The Morgan fingerprint density at radius 3 is 2.61 bits per heavy atom. The molecule has 0 bridgehead atoms. The van der Waals surface area contributed by atoms with Gasteiger partial charge in [-0.3, -0.25) is 0 Å². The van der Waals surface area contributed by atoms with Crippen LogP contribution in [0.3, 0.4) is 0 Å². The number of benzene rings is 1. The van der Waals surface area contributed by atoms with Gasteiger partial charge in [-0.1, -0.05) is 19.9 Å². The quantitative estimate of drug-likeness (QED) is 0.610. The normalized spacial score (nSPS) is 9.61. The van der Waals surface area contributed by atoms with E-state index in [2.05, 4.69) is 0 Å². The Kier molecular flexibility index (Phi) is 8.27. The van der Waals surface area contributed by atoms with Gasteiger partial charge in [0.1, 0.15) is 0 Å². The zero-order valence-corrected chi connectivity index (χ0v) is 11.2. The van der Waals surface area contributed by atoms with Crippen LogP contribution in [0.4, 0.5) is 4.39 Å². The van der Waals surface area contributed by atoms with E-state index in [9.17, 15) is 9.18 Å². The Balaban J connectivity index is 0.00000137. The molecule has 0 heterocycles. The van der Waals surface area contributed by atoms with Gasteiger partial charge < -0.3 is 9.47 Å². The van der Waals surface area contributed by atoms with Gasteiger partial charge in [-0.25, -0.2) is 9.18 Å². The van der Waals surface area contributed by atoms with Crippen molar-refractivity contribution < 1.29 is 18.7 Å². The number of hydrogen-bond acceptors (Lipinski definition) is 3. The first-order valence-electron chi connectivity index (χ1n) is 5.85. The first-order valence-corrected chi connectivity index (χ1v) is 5.85. The third-order valence-corrected chi connectivity index (χ3v) is 1.87. The molecule has 100 valence electrons. The minimum atomic E-state index is -0.434. The van der Waals surface area contributed by atoms with Gasteiger partial charge in [-0.2, -0.15) is 0 Å². The largest absolute Gasteiger partial charge is 0.494 e. The molecule has 0 aliphatic heterocycles. The summed E-state index contributed by atoms with van der Waals surface area (Å²) in [5.41, 5.74) is 0.673. The van der Waals surface area contributed by atoms with Crippen molar-refractivity contribution in [3.05, 3.63) is 35.7 Å². The first-order chi connectivity index (χ1) is 8.67. The molecule has 0 unspecified atom stereocenters. The molecule has 0 spiro atoms. The summed E-state index contributed by atoms with van der Waals surface area (Å²) in [4.78, 5) is 11.0. The summed E-state index contributed by atoms with van der Waals surface area (Å²) in [6.07, 6.45) is 2.83. The lowest BCUT2D eigenvalue weighted by molar-refractivity contribution is -0.137. The van der Waals surface area contributed by atoms with Gasteiger partial charge in [0, 0.05) is 6.08 Å². The third-order valence-electron chi connectivity index (χ3n) is 1.87. The number of carbonyl (C=O) groups is 1. The van der Waals surface area contributed by atoms with Gasteiger partial charge in [0.05, 0.1) is 13.7 Å². The van der Waals surface area contributed by atoms with Crippen molar-refractivity contribution in [1.82, 2.24) is 0 Å². The highest BCUT2D eigenvalue weighted by Gasteiger charge is 2.02. The van der Waals surface area contributed by atoms with Gasteiger partial charge in [0.25, 0.3) is 0 Å². The Bertz CT molecular complexity index is 400. The number of ether oxygens (including phenoxy) is 2. The van der Waals surface area contributed by atoms with E-state index in [1.165, 1.54) is 25.3 Å². The highest BCUT2D eigenvalue weighted by Crippen LogP contribution is 2.18. The number of methoxy groups -OCH3 is 1. The molecule has 1 aromatic carbocycles. The molecular formula is C14H19FO3. The summed E-state index contributed by atoms with van der Waals surface area (Å²) < 4.78 is 22.6. The molecule has 1 rings (SSSR count). The van der Waals surface area contributed by atoms with Crippen LogP contribution < -0.4 is 4.74 Å². The van der Waals surface area contributed by atoms with E-state index < -0.39 is 11.8 Å². The van der Waals surface area contributed by atoms with Gasteiger partial charge in [-0.05, 0) is 30.7 Å². The zero-order valence-electron chi connectivity index (χ0n) is 11.2. The SMILES string of the molecule is CC.CCOC(=O)/C=C/c1ccc(F)c(OC)c1. The molecule has 0 radical (unpaired) electrons. The molecule has 4 heteroatoms. The predicted molar refractivity (Wildman–Crippen MR) is 70.0 cm³/mol. The number of carbonyl (C=O) groups excluding carboxylic acids is 1. The fourth-order valence-corrected chi connectivity index (χ4v) is 1.13. The maximum Gasteiger partial charge on any atom is 0.330 e. The van der Waals surface area contributed by atoms with E-state index in [0.717, 1.165) is 0 Å². The molecule has 0 fully saturated rings. The minimum absolute atomic E-state index is 0.144. The van der Waals surface area contributed by atoms with E-state index in [1.807, 2.05) is 13.8 Å². The van der Waals surface area contributed by atoms with Gasteiger partial charge >= 0.3 is 5.97 Å². The lowest BCUT2D eigenvalue weighted by Gasteiger charge is -2.02. The van der Waals surface area contributed by atoms with E-state index in [0.29, 0.717) is 12.2 Å². The summed E-state index contributed by atoms with van der Waals surface area (Å²) in [5, 5.41) is 0. The van der Waals surface area contributed by atoms with E-state index in [-0.39, 0.29) is 5.75 Å². The lowest BCUT2D eigenvalue weighted by Crippen LogP contribution is -1.98. The van der Waals surface area contributed by atoms with Crippen molar-refractivity contribution in [3.8, 4) is 5.75 Å². The second kappa shape index (κ2) is 9.22. The van der Waals surface area contributed by atoms with Crippen molar-refractivity contribution >= 4 is 12.0 Å². The molecule has 0 amide bonds. The molecule has 0 atom stereocenters. The fraction of sp³-hybridized carbons (Fsp3) is 0.357. The highest BCUT2D eigenvalue weighted by molar-refractivity contribution is 5.87.